The van der Waals surface area contributed by atoms with Crippen LogP contribution in [0, 0.1) is 5.41 Å². The number of benzene rings is 1. The number of carbonyl (C=O) groups is 1. The minimum Gasteiger partial charge on any atom is -0.378 e. The summed E-state index contributed by atoms with van der Waals surface area (Å²) in [5.74, 6) is -0.133. The average molecular weight is 396 g/mol. The molecule has 0 saturated heterocycles. The Bertz CT molecular complexity index is 575. The molecule has 1 aliphatic rings. The van der Waals surface area contributed by atoms with Crippen molar-refractivity contribution in [3.8, 4) is 0 Å². The molecule has 0 bridgehead atoms. The molecule has 2 atom stereocenters. The Kier molecular flexibility index (Phi) is 7.39. The van der Waals surface area contributed by atoms with Crippen molar-refractivity contribution in [2.75, 3.05) is 13.2 Å². The molecule has 2 rings (SSSR count). The van der Waals surface area contributed by atoms with E-state index in [1.807, 2.05) is 32.9 Å². The highest BCUT2D eigenvalue weighted by molar-refractivity contribution is 6.34. The Morgan fingerprint density at radius 3 is 2.42 bits per heavy atom. The van der Waals surface area contributed by atoms with E-state index in [1.165, 1.54) is 0 Å². The highest BCUT2D eigenvalue weighted by Gasteiger charge is 2.62. The van der Waals surface area contributed by atoms with Gasteiger partial charge in [-0.3, -0.25) is 4.79 Å². The van der Waals surface area contributed by atoms with Gasteiger partial charge in [0.15, 0.2) is 0 Å². The van der Waals surface area contributed by atoms with Gasteiger partial charge in [0.1, 0.15) is 5.54 Å². The Labute approximate surface area is 159 Å². The van der Waals surface area contributed by atoms with Crippen LogP contribution in [-0.2, 0) is 16.0 Å². The smallest absolute Gasteiger partial charge is 0.240 e. The molecular formula is C17H25Cl3N2O2. The Morgan fingerprint density at radius 2 is 1.92 bits per heavy atom. The summed E-state index contributed by atoms with van der Waals surface area (Å²) in [6.45, 7) is 7.02. The largest absolute Gasteiger partial charge is 0.378 e. The van der Waals surface area contributed by atoms with Gasteiger partial charge in [0.2, 0.25) is 5.91 Å². The molecule has 1 aromatic carbocycles. The van der Waals surface area contributed by atoms with Crippen molar-refractivity contribution in [1.82, 2.24) is 5.32 Å². The van der Waals surface area contributed by atoms with Gasteiger partial charge < -0.3 is 15.8 Å². The van der Waals surface area contributed by atoms with E-state index in [-0.39, 0.29) is 29.8 Å². The molecule has 0 heterocycles. The van der Waals surface area contributed by atoms with Gasteiger partial charge >= 0.3 is 0 Å². The van der Waals surface area contributed by atoms with Crippen molar-refractivity contribution in [2.45, 2.75) is 45.3 Å². The molecule has 7 heteroatoms. The van der Waals surface area contributed by atoms with Crippen molar-refractivity contribution in [3.63, 3.8) is 0 Å². The van der Waals surface area contributed by atoms with Crippen LogP contribution in [0.2, 0.25) is 10.0 Å². The molecule has 1 aliphatic carbocycles. The van der Waals surface area contributed by atoms with Crippen LogP contribution in [0.5, 0.6) is 0 Å². The van der Waals surface area contributed by atoms with E-state index in [2.05, 4.69) is 5.32 Å². The first-order valence-electron chi connectivity index (χ1n) is 7.84. The van der Waals surface area contributed by atoms with Gasteiger partial charge in [-0.2, -0.15) is 0 Å². The standard InChI is InChI=1S/C17H24Cl2N2O2.ClH/c1-4-23-14-10-17(20,16(14,2)3)15(22)21-6-5-11-7-12(18)9-13(19)8-11;/h7-9,14H,4-6,10,20H2,1-3H3,(H,21,22);1H. The lowest BCUT2D eigenvalue weighted by molar-refractivity contribution is -0.170. The minimum absolute atomic E-state index is 0. The van der Waals surface area contributed by atoms with E-state index in [4.69, 9.17) is 33.7 Å². The molecule has 136 valence electrons. The molecule has 0 spiro atoms. The van der Waals surface area contributed by atoms with Crippen molar-refractivity contribution >= 4 is 41.5 Å². The van der Waals surface area contributed by atoms with Gasteiger partial charge in [0.25, 0.3) is 0 Å². The van der Waals surface area contributed by atoms with Crippen LogP contribution >= 0.6 is 35.6 Å². The molecule has 3 N–H and O–H groups in total. The number of ether oxygens (including phenoxy) is 1. The molecule has 1 aromatic rings. The zero-order chi connectivity index (χ0) is 17.3. The summed E-state index contributed by atoms with van der Waals surface area (Å²) in [7, 11) is 0. The van der Waals surface area contributed by atoms with Crippen LogP contribution in [0.4, 0.5) is 0 Å². The molecule has 1 amide bonds. The number of halogens is 3. The van der Waals surface area contributed by atoms with Gasteiger partial charge in [-0.05, 0) is 37.1 Å². The number of nitrogens with two attached hydrogens (primary N) is 1. The van der Waals surface area contributed by atoms with Crippen LogP contribution in [0.15, 0.2) is 18.2 Å². The van der Waals surface area contributed by atoms with E-state index in [0.29, 0.717) is 36.0 Å². The Morgan fingerprint density at radius 1 is 1.33 bits per heavy atom. The SMILES string of the molecule is CCOC1CC(N)(C(=O)NCCc2cc(Cl)cc(Cl)c2)C1(C)C.Cl. The highest BCUT2D eigenvalue weighted by Crippen LogP contribution is 2.49. The van der Waals surface area contributed by atoms with Crippen molar-refractivity contribution in [2.24, 2.45) is 11.1 Å². The van der Waals surface area contributed by atoms with Gasteiger partial charge in [-0.1, -0.05) is 37.0 Å². The summed E-state index contributed by atoms with van der Waals surface area (Å²) in [6, 6.07) is 5.37. The molecule has 4 nitrogen and oxygen atoms in total. The maximum Gasteiger partial charge on any atom is 0.240 e. The molecule has 0 aromatic heterocycles. The second-order valence-electron chi connectivity index (χ2n) is 6.62. The molecule has 24 heavy (non-hydrogen) atoms. The van der Waals surface area contributed by atoms with Gasteiger partial charge in [0.05, 0.1) is 6.10 Å². The van der Waals surface area contributed by atoms with Crippen LogP contribution < -0.4 is 11.1 Å². The summed E-state index contributed by atoms with van der Waals surface area (Å²) in [4.78, 5) is 12.5. The first-order valence-corrected chi connectivity index (χ1v) is 8.60. The predicted molar refractivity (Wildman–Crippen MR) is 101 cm³/mol. The van der Waals surface area contributed by atoms with Gasteiger partial charge in [-0.25, -0.2) is 0 Å². The zero-order valence-corrected chi connectivity index (χ0v) is 16.5. The van der Waals surface area contributed by atoms with Gasteiger partial charge in [0, 0.05) is 35.0 Å². The van der Waals surface area contributed by atoms with Crippen molar-refractivity contribution in [3.05, 3.63) is 33.8 Å². The van der Waals surface area contributed by atoms with E-state index < -0.39 is 5.54 Å². The molecule has 0 radical (unpaired) electrons. The van der Waals surface area contributed by atoms with Crippen LogP contribution in [-0.4, -0.2) is 30.7 Å². The summed E-state index contributed by atoms with van der Waals surface area (Å²) >= 11 is 11.9. The summed E-state index contributed by atoms with van der Waals surface area (Å²) in [6.07, 6.45) is 1.22. The fraction of sp³-hybridized carbons (Fsp3) is 0.588. The first kappa shape index (κ1) is 21.5. The minimum atomic E-state index is -0.890. The maximum atomic E-state index is 12.5. The van der Waals surface area contributed by atoms with Gasteiger partial charge in [-0.15, -0.1) is 12.4 Å². The fourth-order valence-electron chi connectivity index (χ4n) is 3.05. The lowest BCUT2D eigenvalue weighted by atomic mass is 9.54. The number of rotatable bonds is 6. The molecule has 2 unspecified atom stereocenters. The number of nitrogens with one attached hydrogen (secondary N) is 1. The zero-order valence-electron chi connectivity index (χ0n) is 14.2. The molecule has 1 fully saturated rings. The second kappa shape index (κ2) is 8.24. The van der Waals surface area contributed by atoms with E-state index in [0.717, 1.165) is 5.56 Å². The molecular weight excluding hydrogens is 371 g/mol. The van der Waals surface area contributed by atoms with E-state index in [1.54, 1.807) is 6.07 Å². The third-order valence-corrected chi connectivity index (χ3v) is 5.29. The lowest BCUT2D eigenvalue weighted by Crippen LogP contribution is -2.75. The average Bonchev–Trinajstić information content (AvgIpc) is 2.45. The number of hydrogen-bond acceptors (Lipinski definition) is 3. The third-order valence-electron chi connectivity index (χ3n) is 4.86. The third kappa shape index (κ3) is 4.17. The highest BCUT2D eigenvalue weighted by atomic mass is 35.5. The summed E-state index contributed by atoms with van der Waals surface area (Å²) in [5.41, 5.74) is 6.05. The monoisotopic (exact) mass is 394 g/mol. The Hall–Kier alpha value is -0.520. The first-order chi connectivity index (χ1) is 10.7. The van der Waals surface area contributed by atoms with Crippen molar-refractivity contribution < 1.29 is 9.53 Å². The van der Waals surface area contributed by atoms with Crippen LogP contribution in [0.1, 0.15) is 32.8 Å². The lowest BCUT2D eigenvalue weighted by Gasteiger charge is -2.57. The quantitative estimate of drug-likeness (QED) is 0.773. The van der Waals surface area contributed by atoms with Crippen LogP contribution in [0.25, 0.3) is 0 Å². The second-order valence-corrected chi connectivity index (χ2v) is 7.50. The Balaban J connectivity index is 0.00000288. The normalized spacial score (nSPS) is 24.7. The topological polar surface area (TPSA) is 64.3 Å². The number of amides is 1. The summed E-state index contributed by atoms with van der Waals surface area (Å²) in [5, 5.41) is 4.11. The van der Waals surface area contributed by atoms with Crippen LogP contribution in [0.3, 0.4) is 0 Å². The predicted octanol–water partition coefficient (Wildman–Crippen LogP) is 3.61. The number of carbonyl (C=O) groups excluding carboxylic acids is 1. The molecule has 0 aliphatic heterocycles. The fourth-order valence-corrected chi connectivity index (χ4v) is 3.63. The maximum absolute atomic E-state index is 12.5. The number of hydrogen-bond donors (Lipinski definition) is 2. The molecule has 1 saturated carbocycles. The van der Waals surface area contributed by atoms with E-state index in [9.17, 15) is 4.79 Å². The van der Waals surface area contributed by atoms with E-state index >= 15 is 0 Å². The van der Waals surface area contributed by atoms with Crippen molar-refractivity contribution in [1.29, 1.82) is 0 Å². The summed E-state index contributed by atoms with van der Waals surface area (Å²) < 4.78 is 5.65.